The van der Waals surface area contributed by atoms with Crippen LogP contribution in [0.25, 0.3) is 0 Å². The molecule has 1 atom stereocenters. The second kappa shape index (κ2) is 5.89. The lowest BCUT2D eigenvalue weighted by Crippen LogP contribution is -2.18. The minimum atomic E-state index is -4.33. The lowest BCUT2D eigenvalue weighted by Gasteiger charge is -2.15. The van der Waals surface area contributed by atoms with Crippen LogP contribution in [0.15, 0.2) is 40.8 Å². The number of rotatable bonds is 4. The van der Waals surface area contributed by atoms with E-state index in [2.05, 4.69) is 5.32 Å². The third kappa shape index (κ3) is 3.77. The van der Waals surface area contributed by atoms with Crippen LogP contribution in [0.4, 0.5) is 13.2 Å². The van der Waals surface area contributed by atoms with Crippen LogP contribution in [0.5, 0.6) is 0 Å². The molecule has 20 heavy (non-hydrogen) atoms. The predicted molar refractivity (Wildman–Crippen MR) is 70.4 cm³/mol. The molecule has 1 aromatic carbocycles. The predicted octanol–water partition coefficient (Wildman–Crippen LogP) is 4.80. The fourth-order valence-corrected chi connectivity index (χ4v) is 1.96. The van der Waals surface area contributed by atoms with Gasteiger partial charge in [-0.05, 0) is 48.4 Å². The molecule has 0 saturated carbocycles. The van der Waals surface area contributed by atoms with Gasteiger partial charge in [0.05, 0.1) is 12.1 Å². The summed E-state index contributed by atoms with van der Waals surface area (Å²) in [5, 5.41) is 3.37. The Morgan fingerprint density at radius 1 is 1.25 bits per heavy atom. The van der Waals surface area contributed by atoms with Gasteiger partial charge >= 0.3 is 6.18 Å². The summed E-state index contributed by atoms with van der Waals surface area (Å²) in [6, 6.07) is 8.36. The minimum absolute atomic E-state index is 0.235. The van der Waals surface area contributed by atoms with Crippen LogP contribution in [0, 0.1) is 0 Å². The first kappa shape index (κ1) is 14.9. The molecule has 0 aliphatic rings. The Kier molecular flexibility index (Phi) is 4.40. The van der Waals surface area contributed by atoms with Crippen molar-refractivity contribution >= 4 is 11.6 Å². The quantitative estimate of drug-likeness (QED) is 0.877. The van der Waals surface area contributed by atoms with Crippen molar-refractivity contribution in [1.29, 1.82) is 0 Å². The van der Waals surface area contributed by atoms with Crippen molar-refractivity contribution in [2.45, 2.75) is 25.7 Å². The zero-order valence-corrected chi connectivity index (χ0v) is 11.4. The van der Waals surface area contributed by atoms with E-state index in [1.165, 1.54) is 6.07 Å². The van der Waals surface area contributed by atoms with Crippen LogP contribution < -0.4 is 5.32 Å². The minimum Gasteiger partial charge on any atom is -0.448 e. The summed E-state index contributed by atoms with van der Waals surface area (Å²) in [5.74, 6) is 0.633. The molecule has 2 rings (SSSR count). The lowest BCUT2D eigenvalue weighted by atomic mass is 10.0. The van der Waals surface area contributed by atoms with Crippen LogP contribution in [-0.2, 0) is 12.7 Å². The Hall–Kier alpha value is -1.46. The van der Waals surface area contributed by atoms with Crippen molar-refractivity contribution in [3.63, 3.8) is 0 Å². The molecule has 1 unspecified atom stereocenters. The van der Waals surface area contributed by atoms with E-state index in [1.54, 1.807) is 25.1 Å². The molecule has 0 radical (unpaired) electrons. The maximum Gasteiger partial charge on any atom is 0.416 e. The van der Waals surface area contributed by atoms with Gasteiger partial charge in [0.15, 0.2) is 5.22 Å². The SMILES string of the molecule is CC(NCc1ccc(Cl)o1)c1cccc(C(F)(F)F)c1. The molecule has 0 aliphatic heterocycles. The smallest absolute Gasteiger partial charge is 0.416 e. The van der Waals surface area contributed by atoms with E-state index in [4.69, 9.17) is 16.0 Å². The van der Waals surface area contributed by atoms with Crippen LogP contribution >= 0.6 is 11.6 Å². The Bertz CT molecular complexity index is 580. The fraction of sp³-hybridized carbons (Fsp3) is 0.286. The van der Waals surface area contributed by atoms with Gasteiger partial charge in [-0.3, -0.25) is 0 Å². The van der Waals surface area contributed by atoms with E-state index in [0.29, 0.717) is 17.9 Å². The summed E-state index contributed by atoms with van der Waals surface area (Å²) in [6.07, 6.45) is -4.33. The van der Waals surface area contributed by atoms with Crippen molar-refractivity contribution in [3.8, 4) is 0 Å². The topological polar surface area (TPSA) is 25.2 Å². The molecule has 1 heterocycles. The van der Waals surface area contributed by atoms with Crippen LogP contribution in [0.1, 0.15) is 29.9 Å². The molecule has 0 bridgehead atoms. The number of hydrogen-bond donors (Lipinski definition) is 1. The molecule has 1 N–H and O–H groups in total. The molecule has 2 nitrogen and oxygen atoms in total. The molecule has 0 amide bonds. The number of furan rings is 1. The van der Waals surface area contributed by atoms with Crippen molar-refractivity contribution < 1.29 is 17.6 Å². The third-order valence-corrected chi connectivity index (χ3v) is 3.13. The zero-order valence-electron chi connectivity index (χ0n) is 10.7. The number of alkyl halides is 3. The van der Waals surface area contributed by atoms with E-state index in [-0.39, 0.29) is 11.3 Å². The van der Waals surface area contributed by atoms with Gasteiger partial charge in [-0.25, -0.2) is 0 Å². The van der Waals surface area contributed by atoms with Gasteiger partial charge in [0.1, 0.15) is 5.76 Å². The highest BCUT2D eigenvalue weighted by atomic mass is 35.5. The van der Waals surface area contributed by atoms with Gasteiger partial charge in [-0.15, -0.1) is 0 Å². The number of nitrogens with one attached hydrogen (secondary N) is 1. The number of halogens is 4. The summed E-state index contributed by atoms with van der Waals surface area (Å²) in [6.45, 7) is 2.18. The highest BCUT2D eigenvalue weighted by Crippen LogP contribution is 2.30. The molecular formula is C14H13ClF3NO. The number of hydrogen-bond acceptors (Lipinski definition) is 2. The maximum absolute atomic E-state index is 12.6. The summed E-state index contributed by atoms with van der Waals surface area (Å²) in [7, 11) is 0. The van der Waals surface area contributed by atoms with Gasteiger partial charge < -0.3 is 9.73 Å². The maximum atomic E-state index is 12.6. The Morgan fingerprint density at radius 2 is 2.00 bits per heavy atom. The molecular weight excluding hydrogens is 291 g/mol. The van der Waals surface area contributed by atoms with Gasteiger partial charge in [0.2, 0.25) is 0 Å². The second-order valence-corrected chi connectivity index (χ2v) is 4.80. The first-order chi connectivity index (χ1) is 9.36. The van der Waals surface area contributed by atoms with Gasteiger partial charge in [0.25, 0.3) is 0 Å². The van der Waals surface area contributed by atoms with E-state index in [0.717, 1.165) is 12.1 Å². The van der Waals surface area contributed by atoms with Crippen molar-refractivity contribution in [2.75, 3.05) is 0 Å². The summed E-state index contributed by atoms with van der Waals surface area (Å²) in [5.41, 5.74) is -0.0813. The number of benzene rings is 1. The lowest BCUT2D eigenvalue weighted by molar-refractivity contribution is -0.137. The highest BCUT2D eigenvalue weighted by molar-refractivity contribution is 6.28. The molecule has 108 valence electrons. The average Bonchev–Trinajstić information content (AvgIpc) is 2.81. The first-order valence-corrected chi connectivity index (χ1v) is 6.39. The summed E-state index contributed by atoms with van der Waals surface area (Å²) >= 11 is 5.64. The Morgan fingerprint density at radius 3 is 2.60 bits per heavy atom. The molecule has 6 heteroatoms. The largest absolute Gasteiger partial charge is 0.448 e. The van der Waals surface area contributed by atoms with E-state index in [9.17, 15) is 13.2 Å². The van der Waals surface area contributed by atoms with E-state index >= 15 is 0 Å². The van der Waals surface area contributed by atoms with Crippen molar-refractivity contribution in [2.24, 2.45) is 0 Å². The molecule has 0 saturated heterocycles. The zero-order chi connectivity index (χ0) is 14.8. The van der Waals surface area contributed by atoms with Crippen LogP contribution in [-0.4, -0.2) is 0 Å². The summed E-state index contributed by atoms with van der Waals surface area (Å²) in [4.78, 5) is 0. The molecule has 1 aromatic heterocycles. The van der Waals surface area contributed by atoms with E-state index < -0.39 is 11.7 Å². The third-order valence-electron chi connectivity index (χ3n) is 2.93. The Balaban J connectivity index is 2.03. The highest BCUT2D eigenvalue weighted by Gasteiger charge is 2.30. The van der Waals surface area contributed by atoms with Crippen LogP contribution in [0.2, 0.25) is 5.22 Å². The average molecular weight is 304 g/mol. The fourth-order valence-electron chi connectivity index (χ4n) is 1.80. The molecule has 2 aromatic rings. The van der Waals surface area contributed by atoms with Crippen molar-refractivity contribution in [1.82, 2.24) is 5.32 Å². The molecule has 0 fully saturated rings. The van der Waals surface area contributed by atoms with Gasteiger partial charge in [-0.2, -0.15) is 13.2 Å². The normalized spacial score (nSPS) is 13.4. The standard InChI is InChI=1S/C14H13ClF3NO/c1-9(19-8-12-5-6-13(15)20-12)10-3-2-4-11(7-10)14(16,17)18/h2-7,9,19H,8H2,1H3. The van der Waals surface area contributed by atoms with Gasteiger partial charge in [0, 0.05) is 6.04 Å². The Labute approximate surface area is 119 Å². The first-order valence-electron chi connectivity index (χ1n) is 6.01. The van der Waals surface area contributed by atoms with Crippen LogP contribution in [0.3, 0.4) is 0 Å². The molecule has 0 spiro atoms. The molecule has 0 aliphatic carbocycles. The van der Waals surface area contributed by atoms with E-state index in [1.807, 2.05) is 0 Å². The van der Waals surface area contributed by atoms with Crippen molar-refractivity contribution in [3.05, 3.63) is 58.5 Å². The monoisotopic (exact) mass is 303 g/mol. The van der Waals surface area contributed by atoms with Gasteiger partial charge in [-0.1, -0.05) is 12.1 Å². The summed E-state index contributed by atoms with van der Waals surface area (Å²) < 4.78 is 43.1. The second-order valence-electron chi connectivity index (χ2n) is 4.43.